The van der Waals surface area contributed by atoms with Crippen LogP contribution in [0.4, 0.5) is 0 Å². The lowest BCUT2D eigenvalue weighted by Crippen LogP contribution is -2.32. The number of hydrogen-bond donors (Lipinski definition) is 1. The van der Waals surface area contributed by atoms with Crippen molar-refractivity contribution in [2.24, 2.45) is 7.05 Å². The number of aromatic amines is 1. The number of carbonyl (C=O) groups is 1. The molecule has 3 aromatic rings. The van der Waals surface area contributed by atoms with Gasteiger partial charge in [-0.2, -0.15) is 5.10 Å². The van der Waals surface area contributed by atoms with Crippen molar-refractivity contribution in [3.63, 3.8) is 0 Å². The molecule has 0 spiro atoms. The fraction of sp³-hybridized carbons (Fsp3) is 0.476. The number of likely N-dealkylation sites (tertiary alicyclic amines) is 1. The summed E-state index contributed by atoms with van der Waals surface area (Å²) in [5.41, 5.74) is 6.27. The quantitative estimate of drug-likeness (QED) is 0.758. The first-order valence-corrected chi connectivity index (χ1v) is 9.94. The molecule has 5 rings (SSSR count). The van der Waals surface area contributed by atoms with Crippen molar-refractivity contribution < 1.29 is 4.79 Å². The summed E-state index contributed by atoms with van der Waals surface area (Å²) < 4.78 is 1.91. The molecule has 0 unspecified atom stereocenters. The minimum Gasteiger partial charge on any atom is -0.340 e. The van der Waals surface area contributed by atoms with Crippen molar-refractivity contribution in [2.45, 2.75) is 51.5 Å². The van der Waals surface area contributed by atoms with Gasteiger partial charge in [0.05, 0.1) is 17.1 Å². The van der Waals surface area contributed by atoms with Crippen LogP contribution in [0.2, 0.25) is 0 Å². The van der Waals surface area contributed by atoms with Crippen LogP contribution in [0, 0.1) is 6.92 Å². The van der Waals surface area contributed by atoms with Gasteiger partial charge >= 0.3 is 0 Å². The average molecular weight is 363 g/mol. The van der Waals surface area contributed by atoms with E-state index in [1.807, 2.05) is 22.7 Å². The molecule has 0 bridgehead atoms. The largest absolute Gasteiger partial charge is 0.340 e. The molecule has 2 aliphatic rings. The maximum absolute atomic E-state index is 13.4. The second-order valence-corrected chi connectivity index (χ2v) is 7.90. The Labute approximate surface area is 158 Å². The van der Waals surface area contributed by atoms with E-state index in [1.54, 1.807) is 0 Å². The highest BCUT2D eigenvalue weighted by Crippen LogP contribution is 2.34. The van der Waals surface area contributed by atoms with Crippen molar-refractivity contribution in [3.8, 4) is 0 Å². The molecule has 3 heterocycles. The first-order chi connectivity index (χ1) is 13.1. The van der Waals surface area contributed by atoms with E-state index >= 15 is 0 Å². The third-order valence-corrected chi connectivity index (χ3v) is 6.05. The second-order valence-electron chi connectivity index (χ2n) is 7.90. The van der Waals surface area contributed by atoms with Gasteiger partial charge in [-0.1, -0.05) is 6.07 Å². The number of nitrogens with one attached hydrogen (secondary N) is 1. The van der Waals surface area contributed by atoms with E-state index in [1.165, 1.54) is 23.2 Å². The molecule has 0 radical (unpaired) electrons. The van der Waals surface area contributed by atoms with Gasteiger partial charge in [0, 0.05) is 24.8 Å². The topological polar surface area (TPSA) is 66.8 Å². The third kappa shape index (κ3) is 2.66. The number of aromatic nitrogens is 4. The number of fused-ring (bicyclic) bond motifs is 2. The normalized spacial score (nSPS) is 19.6. The van der Waals surface area contributed by atoms with Crippen molar-refractivity contribution in [1.29, 1.82) is 0 Å². The number of H-pyrrole nitrogens is 1. The van der Waals surface area contributed by atoms with E-state index in [9.17, 15) is 4.79 Å². The van der Waals surface area contributed by atoms with E-state index in [2.05, 4.69) is 29.1 Å². The maximum atomic E-state index is 13.4. The molecule has 6 heteroatoms. The second kappa shape index (κ2) is 6.22. The lowest BCUT2D eigenvalue weighted by Gasteiger charge is -2.23. The number of amides is 1. The number of benzene rings is 1. The zero-order valence-electron chi connectivity index (χ0n) is 16.0. The minimum atomic E-state index is 0.00597. The molecule has 1 aliphatic heterocycles. The first kappa shape index (κ1) is 16.5. The van der Waals surface area contributed by atoms with Gasteiger partial charge in [-0.3, -0.25) is 9.48 Å². The van der Waals surface area contributed by atoms with E-state index in [0.717, 1.165) is 55.5 Å². The fourth-order valence-electron chi connectivity index (χ4n) is 4.68. The summed E-state index contributed by atoms with van der Waals surface area (Å²) in [6.45, 7) is 2.85. The monoisotopic (exact) mass is 363 g/mol. The molecule has 1 N–H and O–H groups in total. The van der Waals surface area contributed by atoms with Gasteiger partial charge in [0.25, 0.3) is 5.91 Å². The van der Waals surface area contributed by atoms with Crippen LogP contribution in [0.1, 0.15) is 64.9 Å². The highest BCUT2D eigenvalue weighted by Gasteiger charge is 2.36. The third-order valence-electron chi connectivity index (χ3n) is 6.05. The van der Waals surface area contributed by atoms with Gasteiger partial charge in [-0.15, -0.1) is 0 Å². The summed E-state index contributed by atoms with van der Waals surface area (Å²) in [4.78, 5) is 23.6. The number of imidazole rings is 1. The first-order valence-electron chi connectivity index (χ1n) is 9.94. The number of hydrogen-bond acceptors (Lipinski definition) is 3. The minimum absolute atomic E-state index is 0.00597. The van der Waals surface area contributed by atoms with Crippen molar-refractivity contribution in [3.05, 3.63) is 46.5 Å². The Kier molecular flexibility index (Phi) is 3.81. The van der Waals surface area contributed by atoms with Gasteiger partial charge in [0.1, 0.15) is 5.82 Å². The van der Waals surface area contributed by atoms with Crippen LogP contribution in [0.3, 0.4) is 0 Å². The Bertz CT molecular complexity index is 1030. The van der Waals surface area contributed by atoms with Crippen LogP contribution >= 0.6 is 0 Å². The van der Waals surface area contributed by atoms with Crippen LogP contribution < -0.4 is 0 Å². The SMILES string of the molecule is Cc1ccc2nc([C@H]3CCCN3C(=O)c3nn(C)c4c3CCCC4)[nH]c2c1. The zero-order chi connectivity index (χ0) is 18.5. The average Bonchev–Trinajstić information content (AvgIpc) is 3.38. The van der Waals surface area contributed by atoms with Crippen molar-refractivity contribution in [1.82, 2.24) is 24.6 Å². The summed E-state index contributed by atoms with van der Waals surface area (Å²) in [7, 11) is 1.96. The lowest BCUT2D eigenvalue weighted by atomic mass is 9.95. The summed E-state index contributed by atoms with van der Waals surface area (Å²) in [5, 5.41) is 4.61. The summed E-state index contributed by atoms with van der Waals surface area (Å²) >= 11 is 0. The molecule has 140 valence electrons. The van der Waals surface area contributed by atoms with Crippen LogP contribution in [0.5, 0.6) is 0 Å². The molecular weight excluding hydrogens is 338 g/mol. The van der Waals surface area contributed by atoms with E-state index in [4.69, 9.17) is 4.98 Å². The highest BCUT2D eigenvalue weighted by atomic mass is 16.2. The van der Waals surface area contributed by atoms with Crippen LogP contribution in [0.15, 0.2) is 18.2 Å². The summed E-state index contributed by atoms with van der Waals surface area (Å²) in [6.07, 6.45) is 6.27. The van der Waals surface area contributed by atoms with Gasteiger partial charge < -0.3 is 9.88 Å². The van der Waals surface area contributed by atoms with Gasteiger partial charge in [-0.05, 0) is 63.1 Å². The summed E-state index contributed by atoms with van der Waals surface area (Å²) in [5.74, 6) is 0.958. The molecule has 27 heavy (non-hydrogen) atoms. The molecule has 1 aliphatic carbocycles. The standard InChI is InChI=1S/C21H25N5O/c1-13-9-10-15-16(12-13)23-20(22-15)18-8-5-11-26(18)21(27)19-14-6-3-4-7-17(14)25(2)24-19/h9-10,12,18H,3-8,11H2,1-2H3,(H,22,23)/t18-/m1/s1. The van der Waals surface area contributed by atoms with Crippen LogP contribution in [-0.4, -0.2) is 37.1 Å². The lowest BCUT2D eigenvalue weighted by molar-refractivity contribution is 0.0722. The fourth-order valence-corrected chi connectivity index (χ4v) is 4.68. The molecule has 1 atom stereocenters. The summed E-state index contributed by atoms with van der Waals surface area (Å²) in [6, 6.07) is 6.24. The van der Waals surface area contributed by atoms with Gasteiger partial charge in [0.2, 0.25) is 0 Å². The molecular formula is C21H25N5O. The smallest absolute Gasteiger partial charge is 0.275 e. The van der Waals surface area contributed by atoms with Crippen molar-refractivity contribution >= 4 is 16.9 Å². The Hall–Kier alpha value is -2.63. The van der Waals surface area contributed by atoms with E-state index < -0.39 is 0 Å². The molecule has 1 fully saturated rings. The Morgan fingerprint density at radius 1 is 1.22 bits per heavy atom. The molecule has 0 saturated carbocycles. The zero-order valence-corrected chi connectivity index (χ0v) is 16.0. The number of nitrogens with zero attached hydrogens (tertiary/aromatic N) is 4. The van der Waals surface area contributed by atoms with E-state index in [0.29, 0.717) is 5.69 Å². The molecule has 1 saturated heterocycles. The maximum Gasteiger partial charge on any atom is 0.275 e. The van der Waals surface area contributed by atoms with E-state index in [-0.39, 0.29) is 11.9 Å². The number of rotatable bonds is 2. The van der Waals surface area contributed by atoms with Gasteiger partial charge in [-0.25, -0.2) is 4.98 Å². The molecule has 6 nitrogen and oxygen atoms in total. The Morgan fingerprint density at radius 2 is 2.07 bits per heavy atom. The number of carbonyl (C=O) groups excluding carboxylic acids is 1. The molecule has 2 aromatic heterocycles. The number of aryl methyl sites for hydroxylation is 2. The highest BCUT2D eigenvalue weighted by molar-refractivity contribution is 5.94. The van der Waals surface area contributed by atoms with Gasteiger partial charge in [0.15, 0.2) is 5.69 Å². The predicted octanol–water partition coefficient (Wildman–Crippen LogP) is 3.46. The Balaban J connectivity index is 1.49. The molecule has 1 aromatic carbocycles. The van der Waals surface area contributed by atoms with Crippen LogP contribution in [0.25, 0.3) is 11.0 Å². The predicted molar refractivity (Wildman–Crippen MR) is 104 cm³/mol. The van der Waals surface area contributed by atoms with Crippen molar-refractivity contribution in [2.75, 3.05) is 6.54 Å². The molecule has 1 amide bonds. The Morgan fingerprint density at radius 3 is 2.96 bits per heavy atom. The van der Waals surface area contributed by atoms with Crippen LogP contribution in [-0.2, 0) is 19.9 Å².